The molecular weight excluding hydrogens is 136 g/mol. The Morgan fingerprint density at radius 3 is 2.55 bits per heavy atom. The van der Waals surface area contributed by atoms with E-state index < -0.39 is 0 Å². The molecule has 1 rings (SSSR count). The molecular formula is C9H11N2+. The van der Waals surface area contributed by atoms with Crippen molar-refractivity contribution in [3.63, 3.8) is 0 Å². The van der Waals surface area contributed by atoms with E-state index in [1.54, 1.807) is 0 Å². The van der Waals surface area contributed by atoms with E-state index in [2.05, 4.69) is 17.6 Å². The van der Waals surface area contributed by atoms with E-state index in [1.165, 1.54) is 0 Å². The first kappa shape index (κ1) is 7.74. The van der Waals surface area contributed by atoms with Crippen LogP contribution in [0, 0.1) is 11.3 Å². The van der Waals surface area contributed by atoms with Gasteiger partial charge in [0.15, 0.2) is 12.4 Å². The number of nitriles is 1. The summed E-state index contributed by atoms with van der Waals surface area (Å²) in [6, 6.07) is 5.74. The minimum atomic E-state index is 0.720. The van der Waals surface area contributed by atoms with Gasteiger partial charge in [0.05, 0.1) is 11.6 Å². The van der Waals surface area contributed by atoms with E-state index in [0.717, 1.165) is 18.5 Å². The van der Waals surface area contributed by atoms with Crippen LogP contribution < -0.4 is 4.57 Å². The molecule has 0 aliphatic carbocycles. The van der Waals surface area contributed by atoms with Gasteiger partial charge in [-0.05, 0) is 0 Å². The van der Waals surface area contributed by atoms with Crippen molar-refractivity contribution in [3.8, 4) is 6.07 Å². The third-order valence-corrected chi connectivity index (χ3v) is 1.50. The number of aromatic nitrogens is 1. The van der Waals surface area contributed by atoms with Crippen molar-refractivity contribution in [1.82, 2.24) is 0 Å². The summed E-state index contributed by atoms with van der Waals surface area (Å²) in [7, 11) is 0. The van der Waals surface area contributed by atoms with Crippen LogP contribution in [0.15, 0.2) is 24.5 Å². The molecule has 0 fully saturated rings. The van der Waals surface area contributed by atoms with Crippen LogP contribution in [0.1, 0.15) is 18.9 Å². The molecule has 1 heterocycles. The molecule has 0 N–H and O–H groups in total. The zero-order valence-electron chi connectivity index (χ0n) is 6.62. The van der Waals surface area contributed by atoms with Gasteiger partial charge in [-0.1, -0.05) is 6.92 Å². The minimum absolute atomic E-state index is 0.720. The molecule has 0 spiro atoms. The van der Waals surface area contributed by atoms with Crippen molar-refractivity contribution in [2.45, 2.75) is 19.9 Å². The van der Waals surface area contributed by atoms with Crippen LogP contribution in [0.5, 0.6) is 0 Å². The van der Waals surface area contributed by atoms with Gasteiger partial charge >= 0.3 is 0 Å². The number of pyridine rings is 1. The van der Waals surface area contributed by atoms with Crippen LogP contribution in [-0.2, 0) is 6.54 Å². The Balaban J connectivity index is 2.76. The topological polar surface area (TPSA) is 27.7 Å². The highest BCUT2D eigenvalue weighted by Crippen LogP contribution is 1.90. The summed E-state index contributed by atoms with van der Waals surface area (Å²) < 4.78 is 2.07. The minimum Gasteiger partial charge on any atom is -0.205 e. The molecule has 0 saturated heterocycles. The monoisotopic (exact) mass is 147 g/mol. The maximum atomic E-state index is 8.50. The largest absolute Gasteiger partial charge is 0.205 e. The molecule has 2 heteroatoms. The first-order chi connectivity index (χ1) is 5.36. The van der Waals surface area contributed by atoms with Crippen LogP contribution in [0.2, 0.25) is 0 Å². The molecule has 0 aromatic carbocycles. The van der Waals surface area contributed by atoms with E-state index >= 15 is 0 Å². The molecule has 0 amide bonds. The highest BCUT2D eigenvalue weighted by atomic mass is 14.9. The molecule has 0 aliphatic rings. The van der Waals surface area contributed by atoms with E-state index in [9.17, 15) is 0 Å². The zero-order chi connectivity index (χ0) is 8.10. The van der Waals surface area contributed by atoms with E-state index in [1.807, 2.05) is 24.5 Å². The average molecular weight is 147 g/mol. The molecule has 1 aromatic heterocycles. The fourth-order valence-corrected chi connectivity index (χ4v) is 0.939. The predicted octanol–water partition coefficient (Wildman–Crippen LogP) is 1.26. The lowest BCUT2D eigenvalue weighted by atomic mass is 10.3. The predicted molar refractivity (Wildman–Crippen MR) is 41.6 cm³/mol. The van der Waals surface area contributed by atoms with Crippen molar-refractivity contribution < 1.29 is 4.57 Å². The quantitative estimate of drug-likeness (QED) is 0.578. The summed E-state index contributed by atoms with van der Waals surface area (Å²) in [5, 5.41) is 8.50. The molecule has 1 aromatic rings. The molecule has 0 aliphatic heterocycles. The van der Waals surface area contributed by atoms with Crippen LogP contribution in [0.4, 0.5) is 0 Å². The number of hydrogen-bond acceptors (Lipinski definition) is 1. The van der Waals surface area contributed by atoms with Crippen LogP contribution in [0.25, 0.3) is 0 Å². The number of hydrogen-bond donors (Lipinski definition) is 0. The summed E-state index contributed by atoms with van der Waals surface area (Å²) in [6.07, 6.45) is 4.99. The average Bonchev–Trinajstić information content (AvgIpc) is 2.07. The second-order valence-electron chi connectivity index (χ2n) is 2.44. The standard InChI is InChI=1S/C9H11N2/c1-2-5-11-6-3-9(8-10)4-7-11/h3-4,6-7H,2,5H2,1H3/q+1. The van der Waals surface area contributed by atoms with Crippen LogP contribution >= 0.6 is 0 Å². The zero-order valence-corrected chi connectivity index (χ0v) is 6.62. The van der Waals surface area contributed by atoms with Gasteiger partial charge < -0.3 is 0 Å². The summed E-state index contributed by atoms with van der Waals surface area (Å²) >= 11 is 0. The first-order valence-electron chi connectivity index (χ1n) is 3.76. The number of aryl methyl sites for hydroxylation is 1. The van der Waals surface area contributed by atoms with Crippen LogP contribution in [0.3, 0.4) is 0 Å². The Bertz CT molecular complexity index is 256. The van der Waals surface area contributed by atoms with Gasteiger partial charge in [0.2, 0.25) is 0 Å². The lowest BCUT2D eigenvalue weighted by Crippen LogP contribution is -2.31. The SMILES string of the molecule is CCC[n+]1ccc(C#N)cc1. The Kier molecular flexibility index (Phi) is 2.62. The van der Waals surface area contributed by atoms with E-state index in [4.69, 9.17) is 5.26 Å². The fraction of sp³-hybridized carbons (Fsp3) is 0.333. The summed E-state index contributed by atoms with van der Waals surface area (Å²) in [6.45, 7) is 3.15. The van der Waals surface area contributed by atoms with Gasteiger partial charge in [0, 0.05) is 18.6 Å². The normalized spacial score (nSPS) is 9.09. The Hall–Kier alpha value is -1.36. The van der Waals surface area contributed by atoms with Crippen molar-refractivity contribution >= 4 is 0 Å². The molecule has 2 nitrogen and oxygen atoms in total. The van der Waals surface area contributed by atoms with Crippen molar-refractivity contribution in [1.29, 1.82) is 5.26 Å². The Morgan fingerprint density at radius 1 is 1.45 bits per heavy atom. The van der Waals surface area contributed by atoms with Crippen LogP contribution in [-0.4, -0.2) is 0 Å². The fourth-order valence-electron chi connectivity index (χ4n) is 0.939. The third-order valence-electron chi connectivity index (χ3n) is 1.50. The Morgan fingerprint density at radius 2 is 2.09 bits per heavy atom. The van der Waals surface area contributed by atoms with Crippen molar-refractivity contribution in [2.75, 3.05) is 0 Å². The summed E-state index contributed by atoms with van der Waals surface area (Å²) in [5.41, 5.74) is 0.720. The third kappa shape index (κ3) is 2.05. The molecule has 11 heavy (non-hydrogen) atoms. The van der Waals surface area contributed by atoms with Gasteiger partial charge in [-0.15, -0.1) is 0 Å². The maximum Gasteiger partial charge on any atom is 0.170 e. The van der Waals surface area contributed by atoms with E-state index in [0.29, 0.717) is 0 Å². The second-order valence-corrected chi connectivity index (χ2v) is 2.44. The van der Waals surface area contributed by atoms with Gasteiger partial charge in [-0.25, -0.2) is 4.57 Å². The summed E-state index contributed by atoms with van der Waals surface area (Å²) in [5.74, 6) is 0. The van der Waals surface area contributed by atoms with Gasteiger partial charge in [0.25, 0.3) is 0 Å². The molecule has 0 unspecified atom stereocenters. The first-order valence-corrected chi connectivity index (χ1v) is 3.76. The lowest BCUT2D eigenvalue weighted by Gasteiger charge is -1.91. The molecule has 56 valence electrons. The van der Waals surface area contributed by atoms with Gasteiger partial charge in [-0.2, -0.15) is 5.26 Å². The Labute approximate surface area is 66.7 Å². The number of rotatable bonds is 2. The molecule has 0 bridgehead atoms. The van der Waals surface area contributed by atoms with E-state index in [-0.39, 0.29) is 0 Å². The molecule has 0 atom stereocenters. The van der Waals surface area contributed by atoms with Gasteiger partial charge in [-0.3, -0.25) is 0 Å². The second kappa shape index (κ2) is 3.72. The summed E-state index contributed by atoms with van der Waals surface area (Å²) in [4.78, 5) is 0. The highest BCUT2D eigenvalue weighted by Gasteiger charge is 1.96. The lowest BCUT2D eigenvalue weighted by molar-refractivity contribution is -0.697. The van der Waals surface area contributed by atoms with Crippen molar-refractivity contribution in [3.05, 3.63) is 30.1 Å². The molecule has 0 saturated carbocycles. The maximum absolute atomic E-state index is 8.50. The smallest absolute Gasteiger partial charge is 0.170 e. The number of nitrogens with zero attached hydrogens (tertiary/aromatic N) is 2. The van der Waals surface area contributed by atoms with Gasteiger partial charge in [0.1, 0.15) is 6.54 Å². The highest BCUT2D eigenvalue weighted by molar-refractivity contribution is 5.23. The van der Waals surface area contributed by atoms with Crippen molar-refractivity contribution in [2.24, 2.45) is 0 Å². The molecule has 0 radical (unpaired) electrons.